The van der Waals surface area contributed by atoms with Crippen LogP contribution in [0.1, 0.15) is 60.6 Å². The van der Waals surface area contributed by atoms with Crippen molar-refractivity contribution in [3.8, 4) is 11.5 Å². The Kier molecular flexibility index (Phi) is 13.0. The van der Waals surface area contributed by atoms with Gasteiger partial charge in [0.15, 0.2) is 0 Å². The highest BCUT2D eigenvalue weighted by Crippen LogP contribution is 2.42. The number of methoxy groups -OCH3 is 2. The highest BCUT2D eigenvalue weighted by atomic mass is 16.6. The van der Waals surface area contributed by atoms with Crippen LogP contribution in [0.5, 0.6) is 11.5 Å². The maximum absolute atomic E-state index is 12.9. The number of benzene rings is 3. The molecule has 2 heterocycles. The number of nitrogens with zero attached hydrogens (tertiary/aromatic N) is 1. The Labute approximate surface area is 296 Å². The fraction of sp³-hybridized carbons (Fsp3) is 0.359. The molecule has 1 saturated heterocycles. The summed E-state index contributed by atoms with van der Waals surface area (Å²) in [5, 5.41) is 14.0. The second kappa shape index (κ2) is 17.8. The second-order valence-corrected chi connectivity index (χ2v) is 12.3. The maximum atomic E-state index is 12.9. The third-order valence-corrected chi connectivity index (χ3v) is 8.99. The van der Waals surface area contributed by atoms with Gasteiger partial charge in [0.1, 0.15) is 29.4 Å². The molecule has 1 fully saturated rings. The van der Waals surface area contributed by atoms with Crippen LogP contribution >= 0.6 is 0 Å². The first-order chi connectivity index (χ1) is 24.8. The van der Waals surface area contributed by atoms with Gasteiger partial charge in [-0.2, -0.15) is 0 Å². The third kappa shape index (κ3) is 9.02. The largest absolute Gasteiger partial charge is 0.497 e. The molecular formula is C39H46N4O8. The Hall–Kier alpha value is -5.01. The Balaban J connectivity index is 1.37. The van der Waals surface area contributed by atoms with Crippen LogP contribution in [-0.4, -0.2) is 66.7 Å². The van der Waals surface area contributed by atoms with Crippen LogP contribution in [0.25, 0.3) is 6.08 Å². The van der Waals surface area contributed by atoms with Gasteiger partial charge in [-0.25, -0.2) is 4.79 Å². The molecule has 5 rings (SSSR count). The van der Waals surface area contributed by atoms with Gasteiger partial charge in [0.25, 0.3) is 5.56 Å². The lowest BCUT2D eigenvalue weighted by Gasteiger charge is -2.37. The summed E-state index contributed by atoms with van der Waals surface area (Å²) in [6, 6.07) is 24.9. The summed E-state index contributed by atoms with van der Waals surface area (Å²) in [7, 11) is 3.21. The summed E-state index contributed by atoms with van der Waals surface area (Å²) < 4.78 is 25.2. The number of aromatic nitrogens is 2. The highest BCUT2D eigenvalue weighted by molar-refractivity contribution is 5.91. The lowest BCUT2D eigenvalue weighted by Crippen LogP contribution is -2.38. The smallest absolute Gasteiger partial charge is 0.330 e. The van der Waals surface area contributed by atoms with Crippen molar-refractivity contribution in [2.45, 2.75) is 56.1 Å². The van der Waals surface area contributed by atoms with E-state index in [1.807, 2.05) is 78.9 Å². The molecule has 4 aromatic rings. The van der Waals surface area contributed by atoms with Crippen LogP contribution < -0.4 is 31.8 Å². The van der Waals surface area contributed by atoms with Crippen molar-refractivity contribution in [2.75, 3.05) is 33.9 Å². The average molecular weight is 699 g/mol. The van der Waals surface area contributed by atoms with Crippen molar-refractivity contribution in [1.29, 1.82) is 0 Å². The molecule has 1 amide bonds. The van der Waals surface area contributed by atoms with E-state index in [2.05, 4.69) is 10.3 Å². The van der Waals surface area contributed by atoms with Gasteiger partial charge in [0.2, 0.25) is 5.91 Å². The number of hydrogen-bond acceptors (Lipinski definition) is 9. The molecule has 0 aliphatic carbocycles. The average Bonchev–Trinajstić information content (AvgIpc) is 3.53. The summed E-state index contributed by atoms with van der Waals surface area (Å²) >= 11 is 0. The quantitative estimate of drug-likeness (QED) is 0.0728. The topological polar surface area (TPSA) is 167 Å². The number of ether oxygens (including phenoxy) is 4. The molecule has 12 heteroatoms. The summed E-state index contributed by atoms with van der Waals surface area (Å²) in [4.78, 5) is 40.2. The van der Waals surface area contributed by atoms with Crippen molar-refractivity contribution in [1.82, 2.24) is 14.9 Å². The molecule has 1 unspecified atom stereocenters. The van der Waals surface area contributed by atoms with E-state index in [1.165, 1.54) is 22.9 Å². The SMILES string of the molecule is COc1ccc(C(OC[C@H]2O[C@@H](n3cc(/C=C/C(=O)NCCCCCCN)c(=O)[nH]c3=O)CC2O)(c2ccccc2)c2ccc(OC)cc2)cc1. The first-order valence-corrected chi connectivity index (χ1v) is 17.1. The molecule has 12 nitrogen and oxygen atoms in total. The van der Waals surface area contributed by atoms with E-state index < -0.39 is 35.3 Å². The van der Waals surface area contributed by atoms with Crippen LogP contribution in [0.2, 0.25) is 0 Å². The van der Waals surface area contributed by atoms with E-state index >= 15 is 0 Å². The summed E-state index contributed by atoms with van der Waals surface area (Å²) in [6.45, 7) is 1.10. The Morgan fingerprint density at radius 3 is 2.16 bits per heavy atom. The van der Waals surface area contributed by atoms with Crippen LogP contribution in [0.4, 0.5) is 0 Å². The lowest BCUT2D eigenvalue weighted by molar-refractivity contribution is -0.116. The van der Waals surface area contributed by atoms with Gasteiger partial charge in [-0.05, 0) is 66.4 Å². The van der Waals surface area contributed by atoms with Crippen LogP contribution in [0.3, 0.4) is 0 Å². The molecular weight excluding hydrogens is 652 g/mol. The van der Waals surface area contributed by atoms with Gasteiger partial charge >= 0.3 is 5.69 Å². The molecule has 3 atom stereocenters. The van der Waals surface area contributed by atoms with E-state index in [0.717, 1.165) is 42.4 Å². The second-order valence-electron chi connectivity index (χ2n) is 12.3. The van der Waals surface area contributed by atoms with Gasteiger partial charge in [-0.1, -0.05) is 67.4 Å². The molecule has 0 radical (unpaired) electrons. The van der Waals surface area contributed by atoms with Crippen LogP contribution in [-0.2, 0) is 19.9 Å². The standard InChI is InChI=1S/C39H46N4O8/c1-48-31-17-13-29(14-18-31)39(28-10-6-5-7-11-28,30-15-19-32(49-2)20-16-30)50-26-34-33(44)24-36(51-34)43-25-27(37(46)42-38(43)47)12-21-35(45)41-23-9-4-3-8-22-40/h5-7,10-21,25,33-34,36,44H,3-4,8-9,22-24,26,40H2,1-2H3,(H,41,45)(H,42,46,47)/b21-12+/t33?,34-,36-/m1/s1. The molecule has 0 bridgehead atoms. The van der Waals surface area contributed by atoms with E-state index in [-0.39, 0.29) is 24.5 Å². The minimum atomic E-state index is -1.14. The number of nitrogens with two attached hydrogens (primary N) is 1. The van der Waals surface area contributed by atoms with Crippen LogP contribution in [0.15, 0.2) is 101 Å². The van der Waals surface area contributed by atoms with E-state index in [0.29, 0.717) is 24.6 Å². The molecule has 1 aromatic heterocycles. The van der Waals surface area contributed by atoms with Crippen molar-refractivity contribution in [2.24, 2.45) is 5.73 Å². The predicted octanol–water partition coefficient (Wildman–Crippen LogP) is 3.86. The van der Waals surface area contributed by atoms with Gasteiger partial charge < -0.3 is 35.1 Å². The van der Waals surface area contributed by atoms with Gasteiger partial charge in [-0.3, -0.25) is 19.1 Å². The summed E-state index contributed by atoms with van der Waals surface area (Å²) in [5.74, 6) is 1.01. The van der Waals surface area contributed by atoms with Gasteiger partial charge in [0, 0.05) is 25.2 Å². The van der Waals surface area contributed by atoms with Gasteiger partial charge in [0.05, 0.1) is 32.5 Å². The molecule has 3 aromatic carbocycles. The molecule has 5 N–H and O–H groups in total. The molecule has 270 valence electrons. The molecule has 1 aliphatic heterocycles. The first kappa shape index (κ1) is 37.3. The number of amides is 1. The van der Waals surface area contributed by atoms with E-state index in [4.69, 9.17) is 24.7 Å². The van der Waals surface area contributed by atoms with E-state index in [1.54, 1.807) is 14.2 Å². The number of aromatic amines is 1. The van der Waals surface area contributed by atoms with Crippen molar-refractivity contribution >= 4 is 12.0 Å². The van der Waals surface area contributed by atoms with Crippen LogP contribution in [0, 0.1) is 0 Å². The fourth-order valence-electron chi connectivity index (χ4n) is 6.21. The predicted molar refractivity (Wildman–Crippen MR) is 194 cm³/mol. The number of nitrogens with one attached hydrogen (secondary N) is 2. The van der Waals surface area contributed by atoms with Crippen molar-refractivity contribution in [3.05, 3.63) is 134 Å². The molecule has 1 aliphatic rings. The number of aliphatic hydroxyl groups is 1. The first-order valence-electron chi connectivity index (χ1n) is 17.1. The monoisotopic (exact) mass is 698 g/mol. The third-order valence-electron chi connectivity index (χ3n) is 8.99. The number of unbranched alkanes of at least 4 members (excludes halogenated alkanes) is 3. The number of rotatable bonds is 17. The highest BCUT2D eigenvalue weighted by Gasteiger charge is 2.42. The lowest BCUT2D eigenvalue weighted by atomic mass is 9.80. The number of hydrogen-bond donors (Lipinski definition) is 4. The summed E-state index contributed by atoms with van der Waals surface area (Å²) in [6.07, 6.45) is 5.01. The number of aliphatic hydroxyl groups excluding tert-OH is 1. The Morgan fingerprint density at radius 1 is 0.941 bits per heavy atom. The summed E-state index contributed by atoms with van der Waals surface area (Å²) in [5.41, 5.74) is 5.58. The number of carbonyl (C=O) groups is 1. The zero-order valence-corrected chi connectivity index (χ0v) is 29.0. The zero-order chi connectivity index (χ0) is 36.2. The van der Waals surface area contributed by atoms with E-state index in [9.17, 15) is 19.5 Å². The van der Waals surface area contributed by atoms with Crippen molar-refractivity contribution in [3.63, 3.8) is 0 Å². The normalized spacial score (nSPS) is 17.5. The van der Waals surface area contributed by atoms with Gasteiger partial charge in [-0.15, -0.1) is 0 Å². The maximum Gasteiger partial charge on any atom is 0.330 e. The minimum absolute atomic E-state index is 0.0537. The number of carbonyl (C=O) groups excluding carboxylic acids is 1. The Morgan fingerprint density at radius 2 is 1.55 bits per heavy atom. The Bertz CT molecular complexity index is 1810. The number of H-pyrrole nitrogens is 1. The van der Waals surface area contributed by atoms with Crippen molar-refractivity contribution < 1.29 is 28.8 Å². The minimum Gasteiger partial charge on any atom is -0.497 e. The molecule has 51 heavy (non-hydrogen) atoms. The molecule has 0 saturated carbocycles. The zero-order valence-electron chi connectivity index (χ0n) is 29.0. The fourth-order valence-corrected chi connectivity index (χ4v) is 6.21. The molecule has 0 spiro atoms.